The van der Waals surface area contributed by atoms with Crippen LogP contribution in [-0.2, 0) is 26.1 Å². The Bertz CT molecular complexity index is 620. The maximum absolute atomic E-state index is 6.40. The molecule has 1 heterocycles. The zero-order valence-corrected chi connectivity index (χ0v) is 13.0. The van der Waals surface area contributed by atoms with E-state index < -0.39 is 0 Å². The number of nitrogens with zero attached hydrogens (tertiary/aromatic N) is 1. The van der Waals surface area contributed by atoms with Crippen molar-refractivity contribution >= 4 is 23.2 Å². The van der Waals surface area contributed by atoms with Crippen LogP contribution in [0.3, 0.4) is 0 Å². The summed E-state index contributed by atoms with van der Waals surface area (Å²) in [5.74, 6) is 0. The predicted molar refractivity (Wildman–Crippen MR) is 85.2 cm³/mol. The van der Waals surface area contributed by atoms with Crippen molar-refractivity contribution in [1.29, 1.82) is 0 Å². The molecule has 1 aliphatic heterocycles. The van der Waals surface area contributed by atoms with Crippen molar-refractivity contribution in [2.45, 2.75) is 33.0 Å². The molecule has 0 saturated carbocycles. The molecular weight excluding hydrogens is 289 g/mol. The summed E-state index contributed by atoms with van der Waals surface area (Å²) in [5, 5.41) is 1.70. The molecule has 20 heavy (non-hydrogen) atoms. The van der Waals surface area contributed by atoms with E-state index in [9.17, 15) is 0 Å². The van der Waals surface area contributed by atoms with Gasteiger partial charge in [-0.25, -0.2) is 0 Å². The van der Waals surface area contributed by atoms with Crippen LogP contribution in [0.2, 0.25) is 10.0 Å². The number of hydrogen-bond acceptors (Lipinski definition) is 1. The van der Waals surface area contributed by atoms with Crippen molar-refractivity contribution in [3.8, 4) is 0 Å². The number of rotatable bonds is 3. The zero-order valence-electron chi connectivity index (χ0n) is 11.5. The first-order chi connectivity index (χ1) is 9.65. The SMILES string of the molecule is CCc1cc(Cl)c2c(c1)CN(Cc1ccc(Cl)cc1)C2. The molecule has 2 aromatic carbocycles. The third kappa shape index (κ3) is 2.85. The third-order valence-electron chi connectivity index (χ3n) is 3.85. The van der Waals surface area contributed by atoms with Gasteiger partial charge in [0.25, 0.3) is 0 Å². The fourth-order valence-electron chi connectivity index (χ4n) is 2.76. The number of benzene rings is 2. The number of hydrogen-bond donors (Lipinski definition) is 0. The van der Waals surface area contributed by atoms with Gasteiger partial charge in [-0.15, -0.1) is 0 Å². The molecule has 104 valence electrons. The lowest BCUT2D eigenvalue weighted by Crippen LogP contribution is -2.15. The largest absolute Gasteiger partial charge is 0.291 e. The maximum Gasteiger partial charge on any atom is 0.0457 e. The molecule has 0 saturated heterocycles. The third-order valence-corrected chi connectivity index (χ3v) is 4.44. The minimum Gasteiger partial charge on any atom is -0.291 e. The van der Waals surface area contributed by atoms with E-state index in [-0.39, 0.29) is 0 Å². The van der Waals surface area contributed by atoms with Crippen LogP contribution in [0.1, 0.15) is 29.2 Å². The van der Waals surface area contributed by atoms with E-state index in [1.165, 1.54) is 22.3 Å². The van der Waals surface area contributed by atoms with E-state index in [1.54, 1.807) is 0 Å². The van der Waals surface area contributed by atoms with Gasteiger partial charge in [-0.2, -0.15) is 0 Å². The van der Waals surface area contributed by atoms with Gasteiger partial charge in [-0.1, -0.05) is 48.3 Å². The van der Waals surface area contributed by atoms with Gasteiger partial charge in [0.05, 0.1) is 0 Å². The molecule has 0 amide bonds. The Morgan fingerprint density at radius 2 is 1.75 bits per heavy atom. The molecule has 3 rings (SSSR count). The molecular formula is C17H17Cl2N. The molecule has 0 bridgehead atoms. The van der Waals surface area contributed by atoms with Crippen LogP contribution in [0.4, 0.5) is 0 Å². The second-order valence-corrected chi connectivity index (χ2v) is 6.18. The fourth-order valence-corrected chi connectivity index (χ4v) is 3.21. The van der Waals surface area contributed by atoms with Gasteiger partial charge in [0.1, 0.15) is 0 Å². The fraction of sp³-hybridized carbons (Fsp3) is 0.294. The summed E-state index contributed by atoms with van der Waals surface area (Å²) in [5.41, 5.74) is 5.28. The van der Waals surface area contributed by atoms with Gasteiger partial charge in [0.15, 0.2) is 0 Å². The van der Waals surface area contributed by atoms with Crippen molar-refractivity contribution in [3.05, 3.63) is 68.7 Å². The van der Waals surface area contributed by atoms with Crippen molar-refractivity contribution < 1.29 is 0 Å². The average molecular weight is 306 g/mol. The van der Waals surface area contributed by atoms with E-state index in [4.69, 9.17) is 23.2 Å². The molecule has 0 radical (unpaired) electrons. The molecule has 0 fully saturated rings. The van der Waals surface area contributed by atoms with Gasteiger partial charge >= 0.3 is 0 Å². The molecule has 3 heteroatoms. The highest BCUT2D eigenvalue weighted by molar-refractivity contribution is 6.31. The monoisotopic (exact) mass is 305 g/mol. The Morgan fingerprint density at radius 3 is 2.45 bits per heavy atom. The van der Waals surface area contributed by atoms with Crippen LogP contribution in [0, 0.1) is 0 Å². The highest BCUT2D eigenvalue weighted by Gasteiger charge is 2.21. The summed E-state index contributed by atoms with van der Waals surface area (Å²) < 4.78 is 0. The molecule has 2 aromatic rings. The quantitative estimate of drug-likeness (QED) is 0.765. The van der Waals surface area contributed by atoms with Crippen molar-refractivity contribution in [2.75, 3.05) is 0 Å². The lowest BCUT2D eigenvalue weighted by atomic mass is 10.1. The predicted octanol–water partition coefficient (Wildman–Crippen LogP) is 5.07. The summed E-state index contributed by atoms with van der Waals surface area (Å²) >= 11 is 12.3. The maximum atomic E-state index is 6.40. The van der Waals surface area contributed by atoms with Crippen molar-refractivity contribution in [1.82, 2.24) is 4.90 Å². The Hall–Kier alpha value is -1.02. The van der Waals surface area contributed by atoms with E-state index in [0.717, 1.165) is 36.1 Å². The molecule has 0 atom stereocenters. The number of halogens is 2. The molecule has 1 nitrogen and oxygen atoms in total. The standard InChI is InChI=1S/C17H17Cl2N/c1-2-12-7-14-10-20(11-16(14)17(19)8-12)9-13-3-5-15(18)6-4-13/h3-8H,2,9-11H2,1H3. The summed E-state index contributed by atoms with van der Waals surface area (Å²) in [6.07, 6.45) is 1.03. The molecule has 0 N–H and O–H groups in total. The first kappa shape index (κ1) is 13.9. The second-order valence-electron chi connectivity index (χ2n) is 5.34. The highest BCUT2D eigenvalue weighted by atomic mass is 35.5. The average Bonchev–Trinajstić information content (AvgIpc) is 2.84. The second kappa shape index (κ2) is 5.77. The van der Waals surface area contributed by atoms with Gasteiger partial charge in [-0.05, 0) is 46.9 Å². The van der Waals surface area contributed by atoms with E-state index >= 15 is 0 Å². The first-order valence-electron chi connectivity index (χ1n) is 6.92. The van der Waals surface area contributed by atoms with E-state index in [1.807, 2.05) is 12.1 Å². The zero-order chi connectivity index (χ0) is 14.1. The highest BCUT2D eigenvalue weighted by Crippen LogP contribution is 2.31. The minimum absolute atomic E-state index is 0.786. The molecule has 0 spiro atoms. The van der Waals surface area contributed by atoms with Crippen LogP contribution in [0.5, 0.6) is 0 Å². The molecule has 0 aromatic heterocycles. The molecule has 0 unspecified atom stereocenters. The Balaban J connectivity index is 1.77. The van der Waals surface area contributed by atoms with Crippen LogP contribution >= 0.6 is 23.2 Å². The number of fused-ring (bicyclic) bond motifs is 1. The summed E-state index contributed by atoms with van der Waals surface area (Å²) in [7, 11) is 0. The van der Waals surface area contributed by atoms with E-state index in [2.05, 4.69) is 36.1 Å². The normalized spacial score (nSPS) is 14.6. The minimum atomic E-state index is 0.786. The summed E-state index contributed by atoms with van der Waals surface area (Å²) in [6, 6.07) is 12.5. The molecule has 0 aliphatic carbocycles. The Morgan fingerprint density at radius 1 is 1.00 bits per heavy atom. The first-order valence-corrected chi connectivity index (χ1v) is 7.68. The van der Waals surface area contributed by atoms with Crippen LogP contribution in [0.25, 0.3) is 0 Å². The van der Waals surface area contributed by atoms with Crippen molar-refractivity contribution in [3.63, 3.8) is 0 Å². The van der Waals surface area contributed by atoms with Gasteiger partial charge in [0, 0.05) is 29.7 Å². The van der Waals surface area contributed by atoms with Crippen LogP contribution < -0.4 is 0 Å². The van der Waals surface area contributed by atoms with Crippen molar-refractivity contribution in [2.24, 2.45) is 0 Å². The number of aryl methyl sites for hydroxylation is 1. The summed E-state index contributed by atoms with van der Waals surface area (Å²) in [4.78, 5) is 2.42. The summed E-state index contributed by atoms with van der Waals surface area (Å²) in [6.45, 7) is 5.01. The lowest BCUT2D eigenvalue weighted by Gasteiger charge is -2.14. The van der Waals surface area contributed by atoms with Crippen LogP contribution in [-0.4, -0.2) is 4.90 Å². The van der Waals surface area contributed by atoms with Crippen LogP contribution in [0.15, 0.2) is 36.4 Å². The molecule has 1 aliphatic rings. The smallest absolute Gasteiger partial charge is 0.0457 e. The van der Waals surface area contributed by atoms with Gasteiger partial charge < -0.3 is 0 Å². The van der Waals surface area contributed by atoms with E-state index in [0.29, 0.717) is 0 Å². The van der Waals surface area contributed by atoms with Gasteiger partial charge in [0.2, 0.25) is 0 Å². The Labute approximate surface area is 130 Å². The topological polar surface area (TPSA) is 3.24 Å². The lowest BCUT2D eigenvalue weighted by molar-refractivity contribution is 0.275. The van der Waals surface area contributed by atoms with Gasteiger partial charge in [-0.3, -0.25) is 4.90 Å². The Kier molecular flexibility index (Phi) is 4.02.